The SMILES string of the molecule is CCCCC(C)n1c(CC)n[nH]c1=S. The van der Waals surface area contributed by atoms with Crippen LogP contribution in [0.4, 0.5) is 0 Å². The second-order valence-electron chi connectivity index (χ2n) is 3.66. The molecule has 0 amide bonds. The van der Waals surface area contributed by atoms with Gasteiger partial charge in [0, 0.05) is 12.5 Å². The zero-order chi connectivity index (χ0) is 10.6. The lowest BCUT2D eigenvalue weighted by molar-refractivity contribution is 0.466. The van der Waals surface area contributed by atoms with Crippen LogP contribution in [0, 0.1) is 4.77 Å². The predicted octanol–water partition coefficient (Wildman–Crippen LogP) is 3.25. The van der Waals surface area contributed by atoms with Crippen LogP contribution >= 0.6 is 12.2 Å². The molecule has 0 bridgehead atoms. The van der Waals surface area contributed by atoms with E-state index in [0.717, 1.165) is 17.0 Å². The number of aryl methyl sites for hydroxylation is 1. The maximum absolute atomic E-state index is 5.21. The van der Waals surface area contributed by atoms with Crippen molar-refractivity contribution in [3.05, 3.63) is 10.6 Å². The molecule has 0 spiro atoms. The topological polar surface area (TPSA) is 33.6 Å². The second kappa shape index (κ2) is 5.29. The lowest BCUT2D eigenvalue weighted by Crippen LogP contribution is -2.09. The van der Waals surface area contributed by atoms with Crippen LogP contribution < -0.4 is 0 Å². The van der Waals surface area contributed by atoms with Crippen molar-refractivity contribution in [2.45, 2.75) is 52.5 Å². The number of hydrogen-bond donors (Lipinski definition) is 1. The van der Waals surface area contributed by atoms with E-state index >= 15 is 0 Å². The van der Waals surface area contributed by atoms with Crippen molar-refractivity contribution >= 4 is 12.2 Å². The molecule has 1 unspecified atom stereocenters. The van der Waals surface area contributed by atoms with Gasteiger partial charge in [-0.15, -0.1) is 0 Å². The molecule has 80 valence electrons. The highest BCUT2D eigenvalue weighted by atomic mass is 32.1. The zero-order valence-electron chi connectivity index (χ0n) is 9.21. The van der Waals surface area contributed by atoms with E-state index < -0.39 is 0 Å². The Bertz CT molecular complexity index is 326. The van der Waals surface area contributed by atoms with E-state index in [1.165, 1.54) is 19.3 Å². The Hall–Kier alpha value is -0.640. The third-order valence-electron chi connectivity index (χ3n) is 2.51. The summed E-state index contributed by atoms with van der Waals surface area (Å²) in [5, 5.41) is 7.07. The summed E-state index contributed by atoms with van der Waals surface area (Å²) in [7, 11) is 0. The summed E-state index contributed by atoms with van der Waals surface area (Å²) in [5.74, 6) is 1.07. The second-order valence-corrected chi connectivity index (χ2v) is 4.05. The molecule has 0 aliphatic rings. The number of H-pyrrole nitrogens is 1. The Morgan fingerprint density at radius 1 is 1.50 bits per heavy atom. The third kappa shape index (κ3) is 2.44. The molecular weight excluding hydrogens is 194 g/mol. The quantitative estimate of drug-likeness (QED) is 0.762. The molecular formula is C10H19N3S. The fraction of sp³-hybridized carbons (Fsp3) is 0.800. The standard InChI is InChI=1S/C10H19N3S/c1-4-6-7-8(3)13-9(5-2)11-12-10(13)14/h8H,4-7H2,1-3H3,(H,12,14). The van der Waals surface area contributed by atoms with Crippen molar-refractivity contribution in [2.75, 3.05) is 0 Å². The van der Waals surface area contributed by atoms with Crippen molar-refractivity contribution < 1.29 is 0 Å². The van der Waals surface area contributed by atoms with E-state index in [-0.39, 0.29) is 0 Å². The van der Waals surface area contributed by atoms with Crippen molar-refractivity contribution in [1.29, 1.82) is 0 Å². The average Bonchev–Trinajstić information content (AvgIpc) is 2.56. The molecule has 1 aromatic rings. The van der Waals surface area contributed by atoms with Gasteiger partial charge in [0.25, 0.3) is 0 Å². The number of nitrogens with one attached hydrogen (secondary N) is 1. The minimum Gasteiger partial charge on any atom is -0.301 e. The minimum absolute atomic E-state index is 0.469. The summed E-state index contributed by atoms with van der Waals surface area (Å²) in [6.45, 7) is 6.52. The molecule has 0 aliphatic carbocycles. The molecule has 1 rings (SSSR count). The summed E-state index contributed by atoms with van der Waals surface area (Å²) in [6.07, 6.45) is 4.59. The monoisotopic (exact) mass is 213 g/mol. The Morgan fingerprint density at radius 3 is 2.79 bits per heavy atom. The highest BCUT2D eigenvalue weighted by Gasteiger charge is 2.10. The zero-order valence-corrected chi connectivity index (χ0v) is 10.0. The molecule has 0 aromatic carbocycles. The van der Waals surface area contributed by atoms with Gasteiger partial charge in [-0.3, -0.25) is 5.10 Å². The molecule has 1 aromatic heterocycles. The normalized spacial score (nSPS) is 13.1. The van der Waals surface area contributed by atoms with Crippen LogP contribution in [0.15, 0.2) is 0 Å². The van der Waals surface area contributed by atoms with Crippen LogP contribution in [-0.2, 0) is 6.42 Å². The Balaban J connectivity index is 2.81. The Kier molecular flexibility index (Phi) is 4.32. The number of unbranched alkanes of at least 4 members (excludes halogenated alkanes) is 1. The number of nitrogens with zero attached hydrogens (tertiary/aromatic N) is 2. The lowest BCUT2D eigenvalue weighted by Gasteiger charge is -2.14. The van der Waals surface area contributed by atoms with Gasteiger partial charge < -0.3 is 4.57 Å². The third-order valence-corrected chi connectivity index (χ3v) is 2.80. The van der Waals surface area contributed by atoms with E-state index in [0.29, 0.717) is 6.04 Å². The summed E-state index contributed by atoms with van der Waals surface area (Å²) in [6, 6.07) is 0.469. The summed E-state index contributed by atoms with van der Waals surface area (Å²) < 4.78 is 2.90. The van der Waals surface area contributed by atoms with Crippen LogP contribution in [0.5, 0.6) is 0 Å². The largest absolute Gasteiger partial charge is 0.301 e. The van der Waals surface area contributed by atoms with Gasteiger partial charge in [0.15, 0.2) is 4.77 Å². The first-order chi connectivity index (χ1) is 6.70. The molecule has 1 atom stereocenters. The number of aromatic nitrogens is 3. The van der Waals surface area contributed by atoms with Crippen LogP contribution in [-0.4, -0.2) is 14.8 Å². The van der Waals surface area contributed by atoms with Crippen LogP contribution in [0.2, 0.25) is 0 Å². The summed E-state index contributed by atoms with van der Waals surface area (Å²) in [4.78, 5) is 0. The van der Waals surface area contributed by atoms with E-state index in [1.807, 2.05) is 0 Å². The van der Waals surface area contributed by atoms with Gasteiger partial charge in [-0.1, -0.05) is 26.7 Å². The van der Waals surface area contributed by atoms with E-state index in [9.17, 15) is 0 Å². The van der Waals surface area contributed by atoms with Gasteiger partial charge in [-0.05, 0) is 25.6 Å². The molecule has 3 nitrogen and oxygen atoms in total. The molecule has 0 saturated heterocycles. The maximum Gasteiger partial charge on any atom is 0.195 e. The van der Waals surface area contributed by atoms with Gasteiger partial charge >= 0.3 is 0 Å². The average molecular weight is 213 g/mol. The Labute approximate surface area is 90.5 Å². The number of aromatic amines is 1. The highest BCUT2D eigenvalue weighted by Crippen LogP contribution is 2.16. The summed E-state index contributed by atoms with van der Waals surface area (Å²) >= 11 is 5.21. The molecule has 1 N–H and O–H groups in total. The van der Waals surface area contributed by atoms with Crippen molar-refractivity contribution in [1.82, 2.24) is 14.8 Å². The van der Waals surface area contributed by atoms with Gasteiger partial charge in [0.2, 0.25) is 0 Å². The van der Waals surface area contributed by atoms with Gasteiger partial charge in [-0.25, -0.2) is 0 Å². The van der Waals surface area contributed by atoms with E-state index in [1.54, 1.807) is 0 Å². The molecule has 14 heavy (non-hydrogen) atoms. The van der Waals surface area contributed by atoms with Crippen LogP contribution in [0.1, 0.15) is 51.9 Å². The fourth-order valence-corrected chi connectivity index (χ4v) is 2.00. The summed E-state index contributed by atoms with van der Waals surface area (Å²) in [5.41, 5.74) is 0. The molecule has 0 radical (unpaired) electrons. The molecule has 0 saturated carbocycles. The molecule has 4 heteroatoms. The van der Waals surface area contributed by atoms with Gasteiger partial charge in [0.05, 0.1) is 0 Å². The first-order valence-corrected chi connectivity index (χ1v) is 5.77. The van der Waals surface area contributed by atoms with Gasteiger partial charge in [-0.2, -0.15) is 5.10 Å². The highest BCUT2D eigenvalue weighted by molar-refractivity contribution is 7.71. The van der Waals surface area contributed by atoms with Crippen LogP contribution in [0.25, 0.3) is 0 Å². The van der Waals surface area contributed by atoms with Gasteiger partial charge in [0.1, 0.15) is 5.82 Å². The molecule has 0 aliphatic heterocycles. The predicted molar refractivity (Wildman–Crippen MR) is 61.0 cm³/mol. The lowest BCUT2D eigenvalue weighted by atomic mass is 10.1. The van der Waals surface area contributed by atoms with Crippen LogP contribution in [0.3, 0.4) is 0 Å². The van der Waals surface area contributed by atoms with Crippen molar-refractivity contribution in [3.8, 4) is 0 Å². The molecule has 1 heterocycles. The fourth-order valence-electron chi connectivity index (χ4n) is 1.67. The first kappa shape index (κ1) is 11.4. The van der Waals surface area contributed by atoms with E-state index in [2.05, 4.69) is 35.5 Å². The molecule has 0 fully saturated rings. The van der Waals surface area contributed by atoms with E-state index in [4.69, 9.17) is 12.2 Å². The van der Waals surface area contributed by atoms with Crippen molar-refractivity contribution in [3.63, 3.8) is 0 Å². The Morgan fingerprint density at radius 2 is 2.21 bits per heavy atom. The number of hydrogen-bond acceptors (Lipinski definition) is 2. The maximum atomic E-state index is 5.21. The number of rotatable bonds is 5. The first-order valence-electron chi connectivity index (χ1n) is 5.36. The minimum atomic E-state index is 0.469. The smallest absolute Gasteiger partial charge is 0.195 e. The van der Waals surface area contributed by atoms with Crippen molar-refractivity contribution in [2.24, 2.45) is 0 Å².